The molecule has 0 aliphatic rings. The van der Waals surface area contributed by atoms with Gasteiger partial charge in [-0.3, -0.25) is 4.98 Å². The minimum Gasteiger partial charge on any atom is -0.487 e. The topological polar surface area (TPSA) is 47.0 Å². The second-order valence-corrected chi connectivity index (χ2v) is 6.00. The molecule has 0 amide bonds. The van der Waals surface area contributed by atoms with E-state index in [1.807, 2.05) is 60.7 Å². The van der Waals surface area contributed by atoms with Crippen molar-refractivity contribution in [3.8, 4) is 5.75 Å². The summed E-state index contributed by atoms with van der Waals surface area (Å²) >= 11 is 0. The molecule has 0 spiro atoms. The summed E-state index contributed by atoms with van der Waals surface area (Å²) in [7, 11) is 0. The molecular weight excluding hydrogens is 322 g/mol. The van der Waals surface area contributed by atoms with Crippen molar-refractivity contribution in [2.75, 3.05) is 5.32 Å². The lowest BCUT2D eigenvalue weighted by atomic mass is 10.2. The molecule has 4 heteroatoms. The van der Waals surface area contributed by atoms with Crippen molar-refractivity contribution in [2.45, 2.75) is 13.2 Å². The van der Waals surface area contributed by atoms with E-state index < -0.39 is 0 Å². The third-order valence-electron chi connectivity index (χ3n) is 4.09. The van der Waals surface area contributed by atoms with Gasteiger partial charge in [-0.05, 0) is 42.0 Å². The Morgan fingerprint density at radius 2 is 1.69 bits per heavy atom. The molecule has 2 aromatic carbocycles. The van der Waals surface area contributed by atoms with Crippen molar-refractivity contribution in [2.24, 2.45) is 0 Å². The van der Waals surface area contributed by atoms with Crippen LogP contribution >= 0.6 is 0 Å². The first kappa shape index (κ1) is 16.1. The Bertz CT molecular complexity index is 910. The van der Waals surface area contributed by atoms with E-state index in [-0.39, 0.29) is 0 Å². The van der Waals surface area contributed by atoms with Gasteiger partial charge in [-0.25, -0.2) is 4.98 Å². The summed E-state index contributed by atoms with van der Waals surface area (Å²) < 4.78 is 5.85. The van der Waals surface area contributed by atoms with Gasteiger partial charge in [-0.15, -0.1) is 0 Å². The molecule has 0 aliphatic heterocycles. The lowest BCUT2D eigenvalue weighted by Crippen LogP contribution is -2.01. The molecule has 0 bridgehead atoms. The van der Waals surface area contributed by atoms with E-state index in [0.717, 1.165) is 34.7 Å². The van der Waals surface area contributed by atoms with E-state index in [9.17, 15) is 0 Å². The number of rotatable bonds is 6. The molecule has 1 N–H and O–H groups in total. The van der Waals surface area contributed by atoms with Crippen molar-refractivity contribution in [1.29, 1.82) is 0 Å². The minimum atomic E-state index is 0.443. The fourth-order valence-electron chi connectivity index (χ4n) is 2.71. The first-order chi connectivity index (χ1) is 12.9. The molecule has 0 fully saturated rings. The van der Waals surface area contributed by atoms with Crippen LogP contribution in [0.2, 0.25) is 0 Å². The van der Waals surface area contributed by atoms with Crippen molar-refractivity contribution in [3.05, 3.63) is 96.3 Å². The lowest BCUT2D eigenvalue weighted by Gasteiger charge is -2.09. The number of ether oxygens (including phenoxy) is 1. The Balaban J connectivity index is 1.47. The number of aromatic nitrogens is 2. The third kappa shape index (κ3) is 3.98. The van der Waals surface area contributed by atoms with Crippen molar-refractivity contribution in [1.82, 2.24) is 9.97 Å². The minimum absolute atomic E-state index is 0.443. The summed E-state index contributed by atoms with van der Waals surface area (Å²) in [6, 6.07) is 26.1. The van der Waals surface area contributed by atoms with Gasteiger partial charge in [0.05, 0.1) is 11.2 Å². The van der Waals surface area contributed by atoms with Crippen LogP contribution in [0.15, 0.2) is 85.1 Å². The average Bonchev–Trinajstić information content (AvgIpc) is 2.72. The van der Waals surface area contributed by atoms with Gasteiger partial charge in [0.1, 0.15) is 18.2 Å². The molecule has 0 aliphatic carbocycles. The maximum atomic E-state index is 5.85. The van der Waals surface area contributed by atoms with Crippen molar-refractivity contribution in [3.63, 3.8) is 0 Å². The van der Waals surface area contributed by atoms with E-state index in [1.54, 1.807) is 6.20 Å². The standard InChI is InChI=1S/C22H19N3O/c1-2-6-17(7-3-1)15-24-22-12-10-18-9-11-20(14-21(18)25-22)26-16-19-8-4-5-13-23-19/h1-14H,15-16H2,(H,24,25). The number of benzene rings is 2. The van der Waals surface area contributed by atoms with Gasteiger partial charge in [0.25, 0.3) is 0 Å². The summed E-state index contributed by atoms with van der Waals surface area (Å²) in [5.41, 5.74) is 3.03. The number of nitrogens with zero attached hydrogens (tertiary/aromatic N) is 2. The Kier molecular flexibility index (Phi) is 4.74. The van der Waals surface area contributed by atoms with Crippen molar-refractivity contribution < 1.29 is 4.74 Å². The Morgan fingerprint density at radius 3 is 2.54 bits per heavy atom. The monoisotopic (exact) mass is 341 g/mol. The summed E-state index contributed by atoms with van der Waals surface area (Å²) in [6.07, 6.45) is 1.77. The van der Waals surface area contributed by atoms with E-state index in [4.69, 9.17) is 9.72 Å². The molecule has 0 saturated carbocycles. The summed E-state index contributed by atoms with van der Waals surface area (Å²) in [5.74, 6) is 1.64. The SMILES string of the molecule is c1ccc(CNc2ccc3ccc(OCc4ccccn4)cc3n2)cc1. The summed E-state index contributed by atoms with van der Waals surface area (Å²) in [4.78, 5) is 8.97. The maximum absolute atomic E-state index is 5.85. The molecule has 0 atom stereocenters. The third-order valence-corrected chi connectivity index (χ3v) is 4.09. The Labute approximate surface area is 152 Å². The average molecular weight is 341 g/mol. The van der Waals surface area contributed by atoms with Gasteiger partial charge in [-0.2, -0.15) is 0 Å². The largest absolute Gasteiger partial charge is 0.487 e. The lowest BCUT2D eigenvalue weighted by molar-refractivity contribution is 0.301. The van der Waals surface area contributed by atoms with Crippen LogP contribution in [0.1, 0.15) is 11.3 Å². The van der Waals surface area contributed by atoms with E-state index >= 15 is 0 Å². The van der Waals surface area contributed by atoms with E-state index in [1.165, 1.54) is 5.56 Å². The predicted octanol–water partition coefficient (Wildman–Crippen LogP) is 4.82. The number of hydrogen-bond acceptors (Lipinski definition) is 4. The number of pyridine rings is 2. The molecule has 4 nitrogen and oxygen atoms in total. The fourth-order valence-corrected chi connectivity index (χ4v) is 2.71. The van der Waals surface area contributed by atoms with Gasteiger partial charge in [0.15, 0.2) is 0 Å². The Morgan fingerprint density at radius 1 is 0.846 bits per heavy atom. The van der Waals surface area contributed by atoms with Crippen LogP contribution in [0.3, 0.4) is 0 Å². The normalized spacial score (nSPS) is 10.6. The van der Waals surface area contributed by atoms with Gasteiger partial charge in [-0.1, -0.05) is 36.4 Å². The van der Waals surface area contributed by atoms with Crippen LogP contribution in [0.25, 0.3) is 10.9 Å². The molecule has 4 aromatic rings. The quantitative estimate of drug-likeness (QED) is 0.546. The molecule has 0 radical (unpaired) electrons. The zero-order chi connectivity index (χ0) is 17.6. The molecule has 128 valence electrons. The van der Waals surface area contributed by atoms with Gasteiger partial charge < -0.3 is 10.1 Å². The number of nitrogens with one attached hydrogen (secondary N) is 1. The second-order valence-electron chi connectivity index (χ2n) is 6.00. The highest BCUT2D eigenvalue weighted by Crippen LogP contribution is 2.22. The molecule has 4 rings (SSSR count). The van der Waals surface area contributed by atoms with Crippen LogP contribution in [-0.2, 0) is 13.2 Å². The predicted molar refractivity (Wildman–Crippen MR) is 104 cm³/mol. The Hall–Kier alpha value is -3.40. The highest BCUT2D eigenvalue weighted by atomic mass is 16.5. The van der Waals surface area contributed by atoms with Crippen molar-refractivity contribution >= 4 is 16.7 Å². The highest BCUT2D eigenvalue weighted by molar-refractivity contribution is 5.81. The van der Waals surface area contributed by atoms with Crippen LogP contribution in [-0.4, -0.2) is 9.97 Å². The molecular formula is C22H19N3O. The number of anilines is 1. The number of fused-ring (bicyclic) bond motifs is 1. The first-order valence-electron chi connectivity index (χ1n) is 8.58. The van der Waals surface area contributed by atoms with E-state index in [0.29, 0.717) is 6.61 Å². The number of hydrogen-bond donors (Lipinski definition) is 1. The smallest absolute Gasteiger partial charge is 0.130 e. The zero-order valence-corrected chi connectivity index (χ0v) is 14.3. The van der Waals surface area contributed by atoms with Crippen LogP contribution in [0.4, 0.5) is 5.82 Å². The molecule has 0 unspecified atom stereocenters. The molecule has 2 heterocycles. The molecule has 2 aromatic heterocycles. The van der Waals surface area contributed by atoms with Gasteiger partial charge >= 0.3 is 0 Å². The van der Waals surface area contributed by atoms with E-state index in [2.05, 4.69) is 28.5 Å². The van der Waals surface area contributed by atoms with Crippen LogP contribution in [0.5, 0.6) is 5.75 Å². The zero-order valence-electron chi connectivity index (χ0n) is 14.3. The highest BCUT2D eigenvalue weighted by Gasteiger charge is 2.02. The van der Waals surface area contributed by atoms with Crippen LogP contribution in [0, 0.1) is 0 Å². The second kappa shape index (κ2) is 7.66. The maximum Gasteiger partial charge on any atom is 0.130 e. The first-order valence-corrected chi connectivity index (χ1v) is 8.58. The summed E-state index contributed by atoms with van der Waals surface area (Å²) in [6.45, 7) is 1.19. The fraction of sp³-hybridized carbons (Fsp3) is 0.0909. The van der Waals surface area contributed by atoms with Crippen LogP contribution < -0.4 is 10.1 Å². The van der Waals surface area contributed by atoms with Gasteiger partial charge in [0.2, 0.25) is 0 Å². The summed E-state index contributed by atoms with van der Waals surface area (Å²) in [5, 5.41) is 4.45. The molecule has 26 heavy (non-hydrogen) atoms. The van der Waals surface area contributed by atoms with Gasteiger partial charge in [0, 0.05) is 24.2 Å². The molecule has 0 saturated heterocycles.